The number of nitrogens with zero attached hydrogens (tertiary/aromatic N) is 3. The lowest BCUT2D eigenvalue weighted by atomic mass is 9.82. The van der Waals surface area contributed by atoms with E-state index >= 15 is 0 Å². The van der Waals surface area contributed by atoms with Crippen LogP contribution in [0.3, 0.4) is 0 Å². The molecule has 1 aliphatic carbocycles. The predicted molar refractivity (Wildman–Crippen MR) is 150 cm³/mol. The van der Waals surface area contributed by atoms with Gasteiger partial charge in [0.15, 0.2) is 11.5 Å². The second-order valence-electron chi connectivity index (χ2n) is 10.9. The Morgan fingerprint density at radius 1 is 1.07 bits per heavy atom. The van der Waals surface area contributed by atoms with Gasteiger partial charge in [0.25, 0.3) is 0 Å². The molecule has 0 spiro atoms. The third-order valence-corrected chi connectivity index (χ3v) is 8.61. The molecule has 0 radical (unpaired) electrons. The minimum Gasteiger partial charge on any atom is -0.493 e. The molecule has 2 aromatic rings. The highest BCUT2D eigenvalue weighted by molar-refractivity contribution is 6.30. The molecule has 2 heterocycles. The lowest BCUT2D eigenvalue weighted by Gasteiger charge is -2.38. The van der Waals surface area contributed by atoms with Gasteiger partial charge in [0.05, 0.1) is 30.3 Å². The molecule has 0 unspecified atom stereocenters. The van der Waals surface area contributed by atoms with Crippen molar-refractivity contribution in [1.82, 2.24) is 9.91 Å². The van der Waals surface area contributed by atoms with Gasteiger partial charge in [0, 0.05) is 38.5 Å². The van der Waals surface area contributed by atoms with E-state index in [9.17, 15) is 23.9 Å². The maximum Gasteiger partial charge on any atom is 0.306 e. The number of hydrogen-bond acceptors (Lipinski definition) is 7. The van der Waals surface area contributed by atoms with Crippen LogP contribution >= 0.6 is 11.6 Å². The van der Waals surface area contributed by atoms with Crippen molar-refractivity contribution in [3.05, 3.63) is 52.3 Å². The molecule has 5 rings (SSSR count). The van der Waals surface area contributed by atoms with Crippen LogP contribution in [-0.2, 0) is 27.3 Å². The fraction of sp³-hybridized carbons (Fsp3) is 0.500. The standard InChI is InChI=1S/C30H35ClFN3O6/c1-40-27-14-20(4-7-26(27)41-13-12-34-28(36)8-9-29(34)37)18-33(17-19-2-5-21(6-3-19)30(38)39)35-11-10-22-15-23(31)24(32)16-25(22)35/h4,7,14-16,19,21H,2-3,5-6,8-13,17-18H2,1H3,(H,38,39). The van der Waals surface area contributed by atoms with Gasteiger partial charge in [-0.3, -0.25) is 19.3 Å². The molecule has 2 aromatic carbocycles. The summed E-state index contributed by atoms with van der Waals surface area (Å²) < 4.78 is 26.0. The summed E-state index contributed by atoms with van der Waals surface area (Å²) in [6.07, 6.45) is 4.19. The van der Waals surface area contributed by atoms with Crippen molar-refractivity contribution < 1.29 is 33.4 Å². The molecule has 11 heteroatoms. The molecule has 9 nitrogen and oxygen atoms in total. The molecular weight excluding hydrogens is 553 g/mol. The number of anilines is 1. The van der Waals surface area contributed by atoms with Crippen molar-refractivity contribution in [1.29, 1.82) is 0 Å². The highest BCUT2D eigenvalue weighted by atomic mass is 35.5. The molecule has 2 fully saturated rings. The quantitative estimate of drug-likeness (QED) is 0.378. The first-order valence-corrected chi connectivity index (χ1v) is 14.5. The number of amides is 2. The Bertz CT molecular complexity index is 1300. The van der Waals surface area contributed by atoms with Crippen LogP contribution in [0.4, 0.5) is 10.1 Å². The second-order valence-corrected chi connectivity index (χ2v) is 11.4. The van der Waals surface area contributed by atoms with Gasteiger partial charge in [0.2, 0.25) is 11.8 Å². The summed E-state index contributed by atoms with van der Waals surface area (Å²) in [7, 11) is 1.56. The Kier molecular flexibility index (Phi) is 8.99. The van der Waals surface area contributed by atoms with Gasteiger partial charge in [-0.2, -0.15) is 0 Å². The van der Waals surface area contributed by atoms with E-state index in [-0.39, 0.29) is 48.7 Å². The molecule has 1 saturated carbocycles. The number of rotatable bonds is 11. The van der Waals surface area contributed by atoms with Crippen LogP contribution in [0.15, 0.2) is 30.3 Å². The fourth-order valence-corrected chi connectivity index (χ4v) is 6.24. The van der Waals surface area contributed by atoms with Gasteiger partial charge in [-0.1, -0.05) is 17.7 Å². The number of ether oxygens (including phenoxy) is 2. The third kappa shape index (κ3) is 6.59. The van der Waals surface area contributed by atoms with Crippen molar-refractivity contribution in [3.8, 4) is 11.5 Å². The molecule has 41 heavy (non-hydrogen) atoms. The molecule has 0 bridgehead atoms. The first-order valence-electron chi connectivity index (χ1n) is 14.1. The van der Waals surface area contributed by atoms with Gasteiger partial charge in [-0.05, 0) is 67.3 Å². The summed E-state index contributed by atoms with van der Waals surface area (Å²) in [5.74, 6) is -0.477. The zero-order valence-electron chi connectivity index (χ0n) is 23.1. The van der Waals surface area contributed by atoms with Crippen molar-refractivity contribution in [3.63, 3.8) is 0 Å². The number of carboxylic acids is 1. The molecule has 1 saturated heterocycles. The van der Waals surface area contributed by atoms with Gasteiger partial charge >= 0.3 is 5.97 Å². The summed E-state index contributed by atoms with van der Waals surface area (Å²) in [4.78, 5) is 36.4. The zero-order chi connectivity index (χ0) is 29.1. The zero-order valence-corrected chi connectivity index (χ0v) is 23.9. The predicted octanol–water partition coefficient (Wildman–Crippen LogP) is 4.69. The van der Waals surface area contributed by atoms with Crippen molar-refractivity contribution in [2.24, 2.45) is 11.8 Å². The Morgan fingerprint density at radius 3 is 2.49 bits per heavy atom. The number of hydrazine groups is 1. The summed E-state index contributed by atoms with van der Waals surface area (Å²) in [6.45, 7) is 2.27. The molecular formula is C30H35ClFN3O6. The summed E-state index contributed by atoms with van der Waals surface area (Å²) >= 11 is 6.06. The molecule has 3 aliphatic rings. The van der Waals surface area contributed by atoms with Crippen LogP contribution in [0.25, 0.3) is 0 Å². The van der Waals surface area contributed by atoms with Crippen LogP contribution in [0.5, 0.6) is 11.5 Å². The van der Waals surface area contributed by atoms with Crippen LogP contribution in [0, 0.1) is 17.7 Å². The summed E-state index contributed by atoms with van der Waals surface area (Å²) in [5, 5.41) is 13.9. The number of imide groups is 1. The lowest BCUT2D eigenvalue weighted by Crippen LogP contribution is -2.44. The highest BCUT2D eigenvalue weighted by Crippen LogP contribution is 2.37. The summed E-state index contributed by atoms with van der Waals surface area (Å²) in [5.41, 5.74) is 2.75. The first-order chi connectivity index (χ1) is 19.7. The van der Waals surface area contributed by atoms with Crippen molar-refractivity contribution in [2.75, 3.05) is 38.4 Å². The topological polar surface area (TPSA) is 99.6 Å². The van der Waals surface area contributed by atoms with Gasteiger partial charge < -0.3 is 19.6 Å². The number of aliphatic carboxylic acids is 1. The SMILES string of the molecule is COc1cc(CN(CC2CCC(C(=O)O)CC2)N2CCc3cc(Cl)c(F)cc32)ccc1OCCN1C(=O)CCC1=O. The van der Waals surface area contributed by atoms with E-state index < -0.39 is 11.8 Å². The molecule has 2 aliphatic heterocycles. The number of carbonyl (C=O) groups excluding carboxylic acids is 2. The van der Waals surface area contributed by atoms with E-state index in [0.717, 1.165) is 36.1 Å². The molecule has 0 aromatic heterocycles. The minimum atomic E-state index is -0.728. The number of benzene rings is 2. The smallest absolute Gasteiger partial charge is 0.306 e. The monoisotopic (exact) mass is 587 g/mol. The maximum absolute atomic E-state index is 14.5. The fourth-order valence-electron chi connectivity index (χ4n) is 6.06. The van der Waals surface area contributed by atoms with Crippen LogP contribution < -0.4 is 14.5 Å². The van der Waals surface area contributed by atoms with Crippen LogP contribution in [0.2, 0.25) is 5.02 Å². The number of fused-ring (bicyclic) bond motifs is 1. The van der Waals surface area contributed by atoms with Crippen molar-refractivity contribution in [2.45, 2.75) is 51.5 Å². The lowest BCUT2D eigenvalue weighted by molar-refractivity contribution is -0.143. The summed E-state index contributed by atoms with van der Waals surface area (Å²) in [6, 6.07) is 8.84. The van der Waals surface area contributed by atoms with Crippen LogP contribution in [-0.4, -0.2) is 66.1 Å². The van der Waals surface area contributed by atoms with Gasteiger partial charge in [-0.25, -0.2) is 9.40 Å². The van der Waals surface area contributed by atoms with E-state index in [4.69, 9.17) is 21.1 Å². The van der Waals surface area contributed by atoms with Crippen molar-refractivity contribution >= 4 is 35.1 Å². The van der Waals surface area contributed by atoms with Crippen LogP contribution in [0.1, 0.15) is 49.7 Å². The normalized spacial score (nSPS) is 20.6. The third-order valence-electron chi connectivity index (χ3n) is 8.32. The molecule has 1 N–H and O–H groups in total. The number of likely N-dealkylation sites (tertiary alicyclic amines) is 1. The first kappa shape index (κ1) is 29.1. The minimum absolute atomic E-state index is 0.114. The van der Waals surface area contributed by atoms with E-state index in [1.54, 1.807) is 13.2 Å². The average Bonchev–Trinajstić information content (AvgIpc) is 3.51. The number of carboxylic acid groups (broad SMARTS) is 1. The van der Waals surface area contributed by atoms with E-state index in [1.807, 2.05) is 18.2 Å². The Balaban J connectivity index is 1.31. The molecule has 2 amide bonds. The molecule has 0 atom stereocenters. The van der Waals surface area contributed by atoms with Gasteiger partial charge in [0.1, 0.15) is 12.4 Å². The Labute approximate surface area is 243 Å². The Morgan fingerprint density at radius 2 is 1.80 bits per heavy atom. The number of hydrogen-bond donors (Lipinski definition) is 1. The number of methoxy groups -OCH3 is 1. The largest absolute Gasteiger partial charge is 0.493 e. The Hall–Kier alpha value is -3.37. The maximum atomic E-state index is 14.5. The number of halogens is 2. The van der Waals surface area contributed by atoms with E-state index in [0.29, 0.717) is 49.9 Å². The molecule has 220 valence electrons. The van der Waals surface area contributed by atoms with E-state index in [2.05, 4.69) is 10.0 Å². The second kappa shape index (κ2) is 12.7. The highest BCUT2D eigenvalue weighted by Gasteiger charge is 2.32. The average molecular weight is 588 g/mol. The number of carbonyl (C=O) groups is 3. The van der Waals surface area contributed by atoms with E-state index in [1.165, 1.54) is 11.0 Å². The van der Waals surface area contributed by atoms with Gasteiger partial charge in [-0.15, -0.1) is 0 Å².